The zero-order valence-corrected chi connectivity index (χ0v) is 26.6. The van der Waals surface area contributed by atoms with Crippen LogP contribution in [-0.2, 0) is 26.5 Å². The molecule has 1 aliphatic heterocycles. The van der Waals surface area contributed by atoms with E-state index in [1.165, 1.54) is 5.56 Å². The molecule has 0 amide bonds. The van der Waals surface area contributed by atoms with Gasteiger partial charge in [-0.15, -0.1) is 6.07 Å². The first-order valence-corrected chi connectivity index (χ1v) is 13.7. The molecule has 214 valence electrons. The predicted molar refractivity (Wildman–Crippen MR) is 162 cm³/mol. The third-order valence-electron chi connectivity index (χ3n) is 7.67. The Balaban J connectivity index is 0.00000316. The Morgan fingerprint density at radius 1 is 0.929 bits per heavy atom. The van der Waals surface area contributed by atoms with Crippen molar-refractivity contribution >= 4 is 33.3 Å². The van der Waals surface area contributed by atoms with Crippen molar-refractivity contribution < 1.29 is 25.8 Å². The number of hydrogen-bond acceptors (Lipinski definition) is 6. The Morgan fingerprint density at radius 3 is 2.50 bits per heavy atom. The smallest absolute Gasteiger partial charge is 0.510 e. The molecule has 0 unspecified atom stereocenters. The molecular formula is C33H31N7OPt. The average molecular weight is 737 g/mol. The summed E-state index contributed by atoms with van der Waals surface area (Å²) in [5.74, 6) is 1.85. The molecule has 7 rings (SSSR count). The summed E-state index contributed by atoms with van der Waals surface area (Å²) >= 11 is 0. The molecule has 0 spiro atoms. The van der Waals surface area contributed by atoms with Gasteiger partial charge in [-0.25, -0.2) is 4.98 Å². The van der Waals surface area contributed by atoms with Gasteiger partial charge in [0.05, 0.1) is 5.52 Å². The van der Waals surface area contributed by atoms with E-state index >= 15 is 0 Å². The van der Waals surface area contributed by atoms with Crippen molar-refractivity contribution in [3.8, 4) is 17.4 Å². The molecule has 0 N–H and O–H groups in total. The summed E-state index contributed by atoms with van der Waals surface area (Å²) in [7, 11) is 1.99. The number of pyridine rings is 3. The van der Waals surface area contributed by atoms with Gasteiger partial charge in [-0.2, -0.15) is 11.7 Å². The first-order chi connectivity index (χ1) is 19.7. The molecule has 0 saturated heterocycles. The van der Waals surface area contributed by atoms with Gasteiger partial charge >= 0.3 is 21.1 Å². The molecule has 42 heavy (non-hydrogen) atoms. The van der Waals surface area contributed by atoms with Crippen LogP contribution in [0.1, 0.15) is 37.7 Å². The van der Waals surface area contributed by atoms with Crippen LogP contribution in [0.4, 0.5) is 5.69 Å². The summed E-state index contributed by atoms with van der Waals surface area (Å²) < 4.78 is 10.6. The average Bonchev–Trinajstić information content (AvgIpc) is 3.61. The minimum absolute atomic E-state index is 0. The zero-order chi connectivity index (χ0) is 28.5. The minimum atomic E-state index is -0.00902. The number of hydrogen-bond donors (Lipinski definition) is 0. The van der Waals surface area contributed by atoms with Gasteiger partial charge in [-0.3, -0.25) is 9.55 Å². The van der Waals surface area contributed by atoms with Crippen molar-refractivity contribution in [3.63, 3.8) is 0 Å². The number of ether oxygens (including phenoxy) is 1. The monoisotopic (exact) mass is 736 g/mol. The Bertz CT molecular complexity index is 2000. The van der Waals surface area contributed by atoms with E-state index < -0.39 is 0 Å². The van der Waals surface area contributed by atoms with Crippen molar-refractivity contribution in [3.05, 3.63) is 103 Å². The number of imidazole rings is 1. The van der Waals surface area contributed by atoms with Crippen molar-refractivity contribution in [2.75, 3.05) is 11.9 Å². The van der Waals surface area contributed by atoms with Crippen molar-refractivity contribution in [2.24, 2.45) is 0 Å². The first-order valence-electron chi connectivity index (χ1n) is 13.7. The SMILES string of the molecule is Cc1nc2c(N3C=CN(C)[CH-]3)[c-]c(Oc3ccc4c5ccccc5n(-c5cc(C(C)(C)C)ccn5)c4n3)cn2c1C.[Pt+2]. The molecule has 9 heteroatoms. The Kier molecular flexibility index (Phi) is 6.85. The van der Waals surface area contributed by atoms with Gasteiger partial charge in [0.1, 0.15) is 5.82 Å². The second-order valence-electron chi connectivity index (χ2n) is 11.6. The molecule has 8 nitrogen and oxygen atoms in total. The van der Waals surface area contributed by atoms with Crippen LogP contribution in [0.5, 0.6) is 11.6 Å². The minimum Gasteiger partial charge on any atom is -0.510 e. The van der Waals surface area contributed by atoms with Crippen LogP contribution in [0, 0.1) is 26.6 Å². The standard InChI is InChI=1S/C33H31N7O.Pt/c1-21-22(2)39-19-24(18-28(32(39)35-21)38-16-15-37(6)20-38)41-30-12-11-26-25-9-7-8-10-27(25)40(31(26)36-30)29-17-23(13-14-34-29)33(3,4)5;/h7-17,19-20H,1-6H3;/q-2;+2. The van der Waals surface area contributed by atoms with E-state index in [4.69, 9.17) is 19.7 Å². The van der Waals surface area contributed by atoms with E-state index in [2.05, 4.69) is 74.7 Å². The van der Waals surface area contributed by atoms with Crippen LogP contribution < -0.4 is 9.64 Å². The largest absolute Gasteiger partial charge is 2.00 e. The Morgan fingerprint density at radius 2 is 1.74 bits per heavy atom. The number of fused-ring (bicyclic) bond motifs is 4. The van der Waals surface area contributed by atoms with Crippen molar-refractivity contribution in [1.29, 1.82) is 0 Å². The van der Waals surface area contributed by atoms with E-state index in [1.54, 1.807) is 0 Å². The third kappa shape index (κ3) is 4.64. The van der Waals surface area contributed by atoms with Crippen LogP contribution in [-0.4, -0.2) is 35.9 Å². The molecular weight excluding hydrogens is 705 g/mol. The van der Waals surface area contributed by atoms with Crippen LogP contribution in [0.2, 0.25) is 0 Å². The molecule has 0 aliphatic carbocycles. The van der Waals surface area contributed by atoms with Gasteiger partial charge in [0.2, 0.25) is 5.88 Å². The van der Waals surface area contributed by atoms with Crippen LogP contribution in [0.25, 0.3) is 33.4 Å². The summed E-state index contributed by atoms with van der Waals surface area (Å²) in [4.78, 5) is 18.6. The zero-order valence-electron chi connectivity index (χ0n) is 24.4. The molecule has 0 bridgehead atoms. The van der Waals surface area contributed by atoms with E-state index in [0.717, 1.165) is 50.5 Å². The maximum Gasteiger partial charge on any atom is 2.00 e. The van der Waals surface area contributed by atoms with Crippen molar-refractivity contribution in [2.45, 2.75) is 40.0 Å². The maximum absolute atomic E-state index is 6.42. The summed E-state index contributed by atoms with van der Waals surface area (Å²) in [6, 6.07) is 20.0. The van der Waals surface area contributed by atoms with Gasteiger partial charge in [0.25, 0.3) is 0 Å². The summed E-state index contributed by atoms with van der Waals surface area (Å²) in [6.07, 6.45) is 7.76. The van der Waals surface area contributed by atoms with E-state index in [1.807, 2.05) is 71.8 Å². The molecule has 1 aromatic carbocycles. The molecule has 5 aromatic heterocycles. The fraction of sp³-hybridized carbons (Fsp3) is 0.212. The van der Waals surface area contributed by atoms with Crippen LogP contribution >= 0.6 is 0 Å². The fourth-order valence-corrected chi connectivity index (χ4v) is 5.32. The molecule has 6 aromatic rings. The number of aryl methyl sites for hydroxylation is 2. The third-order valence-corrected chi connectivity index (χ3v) is 7.67. The summed E-state index contributed by atoms with van der Waals surface area (Å²) in [5, 5.41) is 2.15. The second kappa shape index (κ2) is 10.3. The van der Waals surface area contributed by atoms with E-state index in [0.29, 0.717) is 11.6 Å². The Labute approximate surface area is 259 Å². The second-order valence-corrected chi connectivity index (χ2v) is 11.6. The molecule has 6 heterocycles. The normalized spacial score (nSPS) is 13.5. The predicted octanol–water partition coefficient (Wildman–Crippen LogP) is 7.07. The maximum atomic E-state index is 6.42. The van der Waals surface area contributed by atoms with Gasteiger partial charge in [-0.05, 0) is 68.5 Å². The summed E-state index contributed by atoms with van der Waals surface area (Å²) in [6.45, 7) is 12.7. The van der Waals surface area contributed by atoms with Crippen LogP contribution in [0.3, 0.4) is 0 Å². The van der Waals surface area contributed by atoms with Gasteiger partial charge < -0.3 is 18.9 Å². The number of aromatic nitrogens is 5. The fourth-order valence-electron chi connectivity index (χ4n) is 5.32. The number of nitrogens with zero attached hydrogens (tertiary/aromatic N) is 7. The topological polar surface area (TPSA) is 63.7 Å². The molecule has 0 saturated carbocycles. The molecule has 0 radical (unpaired) electrons. The van der Waals surface area contributed by atoms with E-state index in [9.17, 15) is 0 Å². The van der Waals surface area contributed by atoms with Gasteiger partial charge in [-0.1, -0.05) is 50.9 Å². The van der Waals surface area contributed by atoms with Crippen molar-refractivity contribution in [1.82, 2.24) is 28.8 Å². The summed E-state index contributed by atoms with van der Waals surface area (Å²) in [5.41, 5.74) is 6.66. The number of rotatable bonds is 4. The number of benzene rings is 1. The Hall–Kier alpha value is -4.16. The first kappa shape index (κ1) is 28.0. The number of para-hydroxylation sites is 1. The van der Waals surface area contributed by atoms with E-state index in [-0.39, 0.29) is 26.5 Å². The molecule has 0 fully saturated rings. The van der Waals surface area contributed by atoms with Gasteiger partial charge in [0.15, 0.2) is 5.65 Å². The number of anilines is 1. The van der Waals surface area contributed by atoms with Gasteiger partial charge in [0, 0.05) is 45.8 Å². The quantitative estimate of drug-likeness (QED) is 0.181. The molecule has 1 aliphatic rings. The molecule has 0 atom stereocenters. The van der Waals surface area contributed by atoms with Crippen LogP contribution in [0.15, 0.2) is 73.3 Å².